The molecule has 5 heteroatoms. The molecule has 0 spiro atoms. The third kappa shape index (κ3) is 5.10. The molecular weight excluding hydrogens is 366 g/mol. The average molecular weight is 396 g/mol. The van der Waals surface area contributed by atoms with Gasteiger partial charge in [-0.2, -0.15) is 0 Å². The van der Waals surface area contributed by atoms with E-state index in [1.165, 1.54) is 18.4 Å². The summed E-state index contributed by atoms with van der Waals surface area (Å²) in [4.78, 5) is 14.9. The van der Waals surface area contributed by atoms with Gasteiger partial charge < -0.3 is 10.2 Å². The van der Waals surface area contributed by atoms with Crippen LogP contribution < -0.4 is 15.5 Å². The summed E-state index contributed by atoms with van der Waals surface area (Å²) in [6, 6.07) is 15.8. The zero-order chi connectivity index (χ0) is 20.1. The van der Waals surface area contributed by atoms with Crippen LogP contribution in [0.5, 0.6) is 0 Å². The van der Waals surface area contributed by atoms with Gasteiger partial charge in [0.1, 0.15) is 0 Å². The largest absolute Gasteiger partial charge is 0.370 e. The highest BCUT2D eigenvalue weighted by Crippen LogP contribution is 2.29. The van der Waals surface area contributed by atoms with Crippen molar-refractivity contribution in [3.8, 4) is 0 Å². The van der Waals surface area contributed by atoms with Crippen molar-refractivity contribution in [2.45, 2.75) is 39.5 Å². The van der Waals surface area contributed by atoms with E-state index in [-0.39, 0.29) is 5.91 Å². The summed E-state index contributed by atoms with van der Waals surface area (Å²) in [7, 11) is 0. The molecule has 0 aliphatic carbocycles. The van der Waals surface area contributed by atoms with Gasteiger partial charge in [-0.05, 0) is 66.7 Å². The lowest BCUT2D eigenvalue weighted by Gasteiger charge is -2.33. The number of para-hydroxylation sites is 2. The Morgan fingerprint density at radius 3 is 2.36 bits per heavy atom. The predicted molar refractivity (Wildman–Crippen MR) is 121 cm³/mol. The summed E-state index contributed by atoms with van der Waals surface area (Å²) in [5.41, 5.74) is 3.87. The molecule has 0 unspecified atom stereocenters. The van der Waals surface area contributed by atoms with E-state index >= 15 is 0 Å². The molecule has 3 rings (SSSR count). The van der Waals surface area contributed by atoms with E-state index in [4.69, 9.17) is 12.2 Å². The fourth-order valence-corrected chi connectivity index (χ4v) is 3.66. The highest BCUT2D eigenvalue weighted by Gasteiger charge is 2.19. The number of rotatable bonds is 4. The topological polar surface area (TPSA) is 44.4 Å². The van der Waals surface area contributed by atoms with Gasteiger partial charge in [-0.15, -0.1) is 0 Å². The molecule has 0 radical (unpaired) electrons. The van der Waals surface area contributed by atoms with Gasteiger partial charge in [-0.1, -0.05) is 45.0 Å². The fraction of sp³-hybridized carbons (Fsp3) is 0.391. The molecule has 28 heavy (non-hydrogen) atoms. The maximum Gasteiger partial charge on any atom is 0.257 e. The van der Waals surface area contributed by atoms with Crippen LogP contribution >= 0.6 is 12.2 Å². The highest BCUT2D eigenvalue weighted by atomic mass is 32.1. The lowest BCUT2D eigenvalue weighted by Crippen LogP contribution is -2.36. The Bertz CT molecular complexity index is 824. The van der Waals surface area contributed by atoms with Crippen molar-refractivity contribution in [1.82, 2.24) is 5.32 Å². The van der Waals surface area contributed by atoms with Crippen molar-refractivity contribution in [3.05, 3.63) is 59.7 Å². The molecule has 1 aliphatic rings. The van der Waals surface area contributed by atoms with E-state index in [9.17, 15) is 4.79 Å². The first kappa shape index (κ1) is 20.3. The number of nitrogens with zero attached hydrogens (tertiary/aromatic N) is 1. The summed E-state index contributed by atoms with van der Waals surface area (Å²) in [5, 5.41) is 6.32. The van der Waals surface area contributed by atoms with E-state index in [1.807, 2.05) is 42.5 Å². The summed E-state index contributed by atoms with van der Waals surface area (Å²) >= 11 is 5.40. The molecule has 1 saturated heterocycles. The molecule has 0 aromatic heterocycles. The SMILES string of the molecule is CC1CCN(c2ccccc2NC(=S)NC(=O)c2ccc(C(C)C)cc2)CC1. The fourth-order valence-electron chi connectivity index (χ4n) is 3.45. The second-order valence-electron chi connectivity index (χ2n) is 7.87. The number of thiocarbonyl (C=S) groups is 1. The first-order valence-corrected chi connectivity index (χ1v) is 10.4. The predicted octanol–water partition coefficient (Wildman–Crippen LogP) is 5.17. The second kappa shape index (κ2) is 9.20. The van der Waals surface area contributed by atoms with Crippen LogP contribution in [-0.2, 0) is 0 Å². The number of amides is 1. The molecule has 1 heterocycles. The van der Waals surface area contributed by atoms with Gasteiger partial charge in [0.2, 0.25) is 0 Å². The Morgan fingerprint density at radius 1 is 1.07 bits per heavy atom. The Kier molecular flexibility index (Phi) is 6.68. The van der Waals surface area contributed by atoms with E-state index in [0.717, 1.165) is 30.4 Å². The van der Waals surface area contributed by atoms with Gasteiger partial charge in [0.05, 0.1) is 11.4 Å². The van der Waals surface area contributed by atoms with E-state index in [0.29, 0.717) is 16.6 Å². The van der Waals surface area contributed by atoms with Gasteiger partial charge >= 0.3 is 0 Å². The number of anilines is 2. The average Bonchev–Trinajstić information content (AvgIpc) is 2.69. The van der Waals surface area contributed by atoms with Crippen LogP contribution in [-0.4, -0.2) is 24.1 Å². The number of nitrogens with one attached hydrogen (secondary N) is 2. The van der Waals surface area contributed by atoms with Crippen LogP contribution in [0.1, 0.15) is 55.5 Å². The Hall–Kier alpha value is -2.40. The number of carbonyl (C=O) groups is 1. The minimum Gasteiger partial charge on any atom is -0.370 e. The molecule has 0 atom stereocenters. The van der Waals surface area contributed by atoms with Crippen LogP contribution in [0.4, 0.5) is 11.4 Å². The molecule has 1 aliphatic heterocycles. The third-order valence-electron chi connectivity index (χ3n) is 5.34. The standard InChI is InChI=1S/C23H29N3OS/c1-16(2)18-8-10-19(11-9-18)22(27)25-23(28)24-20-6-4-5-7-21(20)26-14-12-17(3)13-15-26/h4-11,16-17H,12-15H2,1-3H3,(H2,24,25,27,28). The Labute approximate surface area is 173 Å². The monoisotopic (exact) mass is 395 g/mol. The number of benzene rings is 2. The minimum atomic E-state index is -0.197. The highest BCUT2D eigenvalue weighted by molar-refractivity contribution is 7.80. The molecular formula is C23H29N3OS. The molecule has 1 fully saturated rings. The van der Waals surface area contributed by atoms with Crippen molar-refractivity contribution in [2.24, 2.45) is 5.92 Å². The molecule has 1 amide bonds. The van der Waals surface area contributed by atoms with Crippen LogP contribution in [0.15, 0.2) is 48.5 Å². The van der Waals surface area contributed by atoms with Crippen molar-refractivity contribution >= 4 is 34.6 Å². The lowest BCUT2D eigenvalue weighted by atomic mass is 9.98. The van der Waals surface area contributed by atoms with Crippen molar-refractivity contribution in [3.63, 3.8) is 0 Å². The van der Waals surface area contributed by atoms with Crippen LogP contribution in [0.25, 0.3) is 0 Å². The maximum atomic E-state index is 12.5. The first-order chi connectivity index (χ1) is 13.4. The van der Waals surface area contributed by atoms with Crippen LogP contribution in [0.2, 0.25) is 0 Å². The van der Waals surface area contributed by atoms with Crippen molar-refractivity contribution in [2.75, 3.05) is 23.3 Å². The summed E-state index contributed by atoms with van der Waals surface area (Å²) < 4.78 is 0. The smallest absolute Gasteiger partial charge is 0.257 e. The number of hydrogen-bond acceptors (Lipinski definition) is 3. The Morgan fingerprint density at radius 2 is 1.71 bits per heavy atom. The zero-order valence-electron chi connectivity index (χ0n) is 16.9. The first-order valence-electron chi connectivity index (χ1n) is 10.0. The summed E-state index contributed by atoms with van der Waals surface area (Å²) in [5.74, 6) is 1.02. The van der Waals surface area contributed by atoms with Crippen LogP contribution in [0, 0.1) is 5.92 Å². The van der Waals surface area contributed by atoms with Gasteiger partial charge in [-0.25, -0.2) is 0 Å². The van der Waals surface area contributed by atoms with Crippen molar-refractivity contribution in [1.29, 1.82) is 0 Å². The summed E-state index contributed by atoms with van der Waals surface area (Å²) in [6.07, 6.45) is 2.39. The van der Waals surface area contributed by atoms with Crippen LogP contribution in [0.3, 0.4) is 0 Å². The molecule has 2 N–H and O–H groups in total. The molecule has 0 saturated carbocycles. The number of hydrogen-bond donors (Lipinski definition) is 2. The third-order valence-corrected chi connectivity index (χ3v) is 5.55. The molecule has 148 valence electrons. The zero-order valence-corrected chi connectivity index (χ0v) is 17.7. The summed E-state index contributed by atoms with van der Waals surface area (Å²) in [6.45, 7) is 8.66. The van der Waals surface area contributed by atoms with Gasteiger partial charge in [0, 0.05) is 18.7 Å². The minimum absolute atomic E-state index is 0.197. The van der Waals surface area contributed by atoms with E-state index in [2.05, 4.69) is 42.4 Å². The normalized spacial score (nSPS) is 14.8. The number of piperidine rings is 1. The molecule has 4 nitrogen and oxygen atoms in total. The Balaban J connectivity index is 1.64. The number of carbonyl (C=O) groups excluding carboxylic acids is 1. The van der Waals surface area contributed by atoms with E-state index in [1.54, 1.807) is 0 Å². The van der Waals surface area contributed by atoms with Crippen molar-refractivity contribution < 1.29 is 4.79 Å². The molecule has 2 aromatic rings. The molecule has 0 bridgehead atoms. The lowest BCUT2D eigenvalue weighted by molar-refractivity contribution is 0.0977. The van der Waals surface area contributed by atoms with Gasteiger partial charge in [0.25, 0.3) is 5.91 Å². The quantitative estimate of drug-likeness (QED) is 0.701. The maximum absolute atomic E-state index is 12.5. The van der Waals surface area contributed by atoms with Gasteiger partial charge in [-0.3, -0.25) is 10.1 Å². The second-order valence-corrected chi connectivity index (χ2v) is 8.28. The van der Waals surface area contributed by atoms with E-state index < -0.39 is 0 Å². The van der Waals surface area contributed by atoms with Gasteiger partial charge in [0.15, 0.2) is 5.11 Å². The molecule has 2 aromatic carbocycles.